The second-order valence-electron chi connectivity index (χ2n) is 7.52. The zero-order chi connectivity index (χ0) is 22.1. The van der Waals surface area contributed by atoms with Gasteiger partial charge >= 0.3 is 0 Å². The molecule has 1 saturated heterocycles. The van der Waals surface area contributed by atoms with Crippen LogP contribution in [-0.4, -0.2) is 74.8 Å². The van der Waals surface area contributed by atoms with Crippen LogP contribution in [0, 0.1) is 0 Å². The first-order valence-corrected chi connectivity index (χ1v) is 10.9. The molecular formula is C24H33N3O4. The summed E-state index contributed by atoms with van der Waals surface area (Å²) in [4.78, 5) is 17.3. The predicted molar refractivity (Wildman–Crippen MR) is 122 cm³/mol. The largest absolute Gasteiger partial charge is 0.497 e. The average molecular weight is 428 g/mol. The van der Waals surface area contributed by atoms with Crippen molar-refractivity contribution in [3.05, 3.63) is 48.5 Å². The molecule has 1 aliphatic rings. The molecule has 2 aromatic rings. The predicted octanol–water partition coefficient (Wildman–Crippen LogP) is 3.12. The second-order valence-corrected chi connectivity index (χ2v) is 7.52. The molecule has 3 rings (SSSR count). The molecular weight excluding hydrogens is 394 g/mol. The van der Waals surface area contributed by atoms with E-state index in [1.165, 1.54) is 0 Å². The summed E-state index contributed by atoms with van der Waals surface area (Å²) in [5.74, 6) is 2.49. The normalized spacial score (nSPS) is 15.8. The highest BCUT2D eigenvalue weighted by atomic mass is 16.5. The molecule has 0 spiro atoms. The summed E-state index contributed by atoms with van der Waals surface area (Å²) in [7, 11) is 1.65. The zero-order valence-corrected chi connectivity index (χ0v) is 18.7. The zero-order valence-electron chi connectivity index (χ0n) is 18.7. The maximum Gasteiger partial charge on any atom is 0.241 e. The Balaban J connectivity index is 1.37. The number of hydrogen-bond acceptors (Lipinski definition) is 6. The Hall–Kier alpha value is -2.77. The van der Waals surface area contributed by atoms with Gasteiger partial charge in [-0.3, -0.25) is 14.6 Å². The van der Waals surface area contributed by atoms with Gasteiger partial charge in [0.05, 0.1) is 19.8 Å². The van der Waals surface area contributed by atoms with Crippen LogP contribution < -0.4 is 19.5 Å². The van der Waals surface area contributed by atoms with E-state index in [1.807, 2.05) is 62.4 Å². The molecule has 168 valence electrons. The monoisotopic (exact) mass is 427 g/mol. The molecule has 0 aliphatic carbocycles. The number of hydrogen-bond donors (Lipinski definition) is 1. The van der Waals surface area contributed by atoms with Gasteiger partial charge < -0.3 is 19.5 Å². The molecule has 1 heterocycles. The van der Waals surface area contributed by atoms with E-state index in [4.69, 9.17) is 14.2 Å². The molecule has 0 radical (unpaired) electrons. The second kappa shape index (κ2) is 11.6. The van der Waals surface area contributed by atoms with Crippen molar-refractivity contribution in [1.82, 2.24) is 9.80 Å². The van der Waals surface area contributed by atoms with Crippen LogP contribution in [0.3, 0.4) is 0 Å². The fourth-order valence-electron chi connectivity index (χ4n) is 3.55. The lowest BCUT2D eigenvalue weighted by Gasteiger charge is -2.37. The molecule has 2 aromatic carbocycles. The van der Waals surface area contributed by atoms with E-state index in [0.29, 0.717) is 13.2 Å². The van der Waals surface area contributed by atoms with Crippen molar-refractivity contribution in [2.45, 2.75) is 19.9 Å². The molecule has 1 fully saturated rings. The number of anilines is 1. The molecule has 7 heteroatoms. The number of benzene rings is 2. The summed E-state index contributed by atoms with van der Waals surface area (Å²) >= 11 is 0. The van der Waals surface area contributed by atoms with E-state index in [1.54, 1.807) is 7.11 Å². The van der Waals surface area contributed by atoms with Crippen molar-refractivity contribution in [2.75, 3.05) is 58.4 Å². The van der Waals surface area contributed by atoms with E-state index in [2.05, 4.69) is 15.1 Å². The minimum atomic E-state index is -0.177. The fourth-order valence-corrected chi connectivity index (χ4v) is 3.55. The standard InChI is InChI=1S/C24H33N3O4/c1-4-30-22-7-5-20(6-8-22)25-24(28)19(2)27-15-13-26(14-16-27)17-18-31-23-11-9-21(29-3)10-12-23/h5-12,19H,4,13-18H2,1-3H3,(H,25,28)/t19-/m0/s1. The van der Waals surface area contributed by atoms with Crippen LogP contribution >= 0.6 is 0 Å². The van der Waals surface area contributed by atoms with E-state index in [-0.39, 0.29) is 11.9 Å². The third-order valence-electron chi connectivity index (χ3n) is 5.50. The number of rotatable bonds is 10. The van der Waals surface area contributed by atoms with Gasteiger partial charge in [-0.05, 0) is 62.4 Å². The van der Waals surface area contributed by atoms with Crippen molar-refractivity contribution in [1.29, 1.82) is 0 Å². The first kappa shape index (κ1) is 22.9. The van der Waals surface area contributed by atoms with Crippen molar-refractivity contribution in [2.24, 2.45) is 0 Å². The summed E-state index contributed by atoms with van der Waals surface area (Å²) in [5, 5.41) is 3.00. The van der Waals surface area contributed by atoms with Crippen molar-refractivity contribution in [3.8, 4) is 17.2 Å². The van der Waals surface area contributed by atoms with Crippen LogP contribution in [0.4, 0.5) is 5.69 Å². The van der Waals surface area contributed by atoms with Crippen LogP contribution in [0.25, 0.3) is 0 Å². The molecule has 1 atom stereocenters. The quantitative estimate of drug-likeness (QED) is 0.629. The Kier molecular flexibility index (Phi) is 8.55. The lowest BCUT2D eigenvalue weighted by Crippen LogP contribution is -2.53. The molecule has 1 aliphatic heterocycles. The Morgan fingerprint density at radius 1 is 0.935 bits per heavy atom. The van der Waals surface area contributed by atoms with Gasteiger partial charge in [0.2, 0.25) is 5.91 Å². The number of piperazine rings is 1. The van der Waals surface area contributed by atoms with Gasteiger partial charge in [0.1, 0.15) is 23.9 Å². The topological polar surface area (TPSA) is 63.3 Å². The lowest BCUT2D eigenvalue weighted by molar-refractivity contribution is -0.121. The maximum absolute atomic E-state index is 12.7. The number of methoxy groups -OCH3 is 1. The molecule has 0 unspecified atom stereocenters. The van der Waals surface area contributed by atoms with Crippen LogP contribution in [0.2, 0.25) is 0 Å². The SMILES string of the molecule is CCOc1ccc(NC(=O)[C@H](C)N2CCN(CCOc3ccc(OC)cc3)CC2)cc1. The first-order valence-electron chi connectivity index (χ1n) is 10.9. The molecule has 0 saturated carbocycles. The Morgan fingerprint density at radius 3 is 2.13 bits per heavy atom. The Morgan fingerprint density at radius 2 is 1.52 bits per heavy atom. The van der Waals surface area contributed by atoms with Crippen molar-refractivity contribution >= 4 is 11.6 Å². The highest BCUT2D eigenvalue weighted by Gasteiger charge is 2.25. The van der Waals surface area contributed by atoms with Crippen LogP contribution in [0.15, 0.2) is 48.5 Å². The highest BCUT2D eigenvalue weighted by molar-refractivity contribution is 5.94. The van der Waals surface area contributed by atoms with Crippen LogP contribution in [-0.2, 0) is 4.79 Å². The molecule has 31 heavy (non-hydrogen) atoms. The summed E-state index contributed by atoms with van der Waals surface area (Å²) < 4.78 is 16.4. The summed E-state index contributed by atoms with van der Waals surface area (Å²) in [5.41, 5.74) is 0.787. The molecule has 0 bridgehead atoms. The van der Waals surface area contributed by atoms with E-state index in [0.717, 1.165) is 55.7 Å². The highest BCUT2D eigenvalue weighted by Crippen LogP contribution is 2.18. The smallest absolute Gasteiger partial charge is 0.241 e. The summed E-state index contributed by atoms with van der Waals surface area (Å²) in [6.45, 7) is 9.62. The molecule has 7 nitrogen and oxygen atoms in total. The number of carbonyl (C=O) groups excluding carboxylic acids is 1. The summed E-state index contributed by atoms with van der Waals surface area (Å²) in [6, 6.07) is 14.9. The molecule has 1 N–H and O–H groups in total. The van der Waals surface area contributed by atoms with E-state index in [9.17, 15) is 4.79 Å². The number of carbonyl (C=O) groups is 1. The van der Waals surface area contributed by atoms with Gasteiger partial charge in [0, 0.05) is 38.4 Å². The Labute approximate surface area is 184 Å². The average Bonchev–Trinajstić information content (AvgIpc) is 2.81. The van der Waals surface area contributed by atoms with Gasteiger partial charge in [0.15, 0.2) is 0 Å². The van der Waals surface area contributed by atoms with Gasteiger partial charge in [-0.2, -0.15) is 0 Å². The fraction of sp³-hybridized carbons (Fsp3) is 0.458. The van der Waals surface area contributed by atoms with Gasteiger partial charge in [-0.25, -0.2) is 0 Å². The first-order chi connectivity index (χ1) is 15.1. The number of ether oxygens (including phenoxy) is 3. The number of nitrogens with zero attached hydrogens (tertiary/aromatic N) is 2. The van der Waals surface area contributed by atoms with E-state index < -0.39 is 0 Å². The minimum absolute atomic E-state index is 0.0143. The Bertz CT molecular complexity index is 803. The minimum Gasteiger partial charge on any atom is -0.497 e. The molecule has 0 aromatic heterocycles. The van der Waals surface area contributed by atoms with Gasteiger partial charge in [-0.15, -0.1) is 0 Å². The lowest BCUT2D eigenvalue weighted by atomic mass is 10.2. The van der Waals surface area contributed by atoms with Crippen LogP contribution in [0.1, 0.15) is 13.8 Å². The number of amides is 1. The van der Waals surface area contributed by atoms with E-state index >= 15 is 0 Å². The summed E-state index contributed by atoms with van der Waals surface area (Å²) in [6.07, 6.45) is 0. The molecule has 1 amide bonds. The van der Waals surface area contributed by atoms with Crippen LogP contribution in [0.5, 0.6) is 17.2 Å². The van der Waals surface area contributed by atoms with Crippen molar-refractivity contribution in [3.63, 3.8) is 0 Å². The third-order valence-corrected chi connectivity index (χ3v) is 5.50. The number of nitrogens with one attached hydrogen (secondary N) is 1. The van der Waals surface area contributed by atoms with Gasteiger partial charge in [-0.1, -0.05) is 0 Å². The maximum atomic E-state index is 12.7. The van der Waals surface area contributed by atoms with Gasteiger partial charge in [0.25, 0.3) is 0 Å². The van der Waals surface area contributed by atoms with Crippen molar-refractivity contribution < 1.29 is 19.0 Å². The third kappa shape index (κ3) is 6.87.